The van der Waals surface area contributed by atoms with Gasteiger partial charge in [-0.2, -0.15) is 13.2 Å². The molecule has 0 spiro atoms. The summed E-state index contributed by atoms with van der Waals surface area (Å²) in [6.45, 7) is 1.60. The van der Waals surface area contributed by atoms with Crippen molar-refractivity contribution in [3.8, 4) is 22.6 Å². The zero-order valence-corrected chi connectivity index (χ0v) is 21.7. The van der Waals surface area contributed by atoms with E-state index in [1.165, 1.54) is 45.4 Å². The summed E-state index contributed by atoms with van der Waals surface area (Å²) < 4.78 is 84.9. The number of carboxylic acids is 1. The Bertz CT molecular complexity index is 1330. The van der Waals surface area contributed by atoms with E-state index >= 15 is 0 Å². The third kappa shape index (κ3) is 8.25. The van der Waals surface area contributed by atoms with Crippen molar-refractivity contribution in [3.63, 3.8) is 0 Å². The first-order valence-corrected chi connectivity index (χ1v) is 11.9. The van der Waals surface area contributed by atoms with Crippen LogP contribution < -0.4 is 20.1 Å². The van der Waals surface area contributed by atoms with E-state index in [1.54, 1.807) is 30.3 Å². The fourth-order valence-corrected chi connectivity index (χ4v) is 3.86. The van der Waals surface area contributed by atoms with Crippen LogP contribution in [0.1, 0.15) is 30.5 Å². The van der Waals surface area contributed by atoms with Crippen molar-refractivity contribution in [2.45, 2.75) is 44.9 Å². The average Bonchev–Trinajstić information content (AvgIpc) is 2.85. The quantitative estimate of drug-likeness (QED) is 0.233. The van der Waals surface area contributed by atoms with E-state index in [-0.39, 0.29) is 30.2 Å². The number of hydrogen-bond acceptors (Lipinski definition) is 6. The molecule has 3 N–H and O–H groups in total. The Balaban J connectivity index is 1.87. The van der Waals surface area contributed by atoms with Crippen LogP contribution in [0.25, 0.3) is 11.1 Å². The minimum atomic E-state index is -4.81. The number of methoxy groups -OCH3 is 1. The highest BCUT2D eigenvalue weighted by atomic mass is 19.4. The van der Waals surface area contributed by atoms with Gasteiger partial charge in [0, 0.05) is 36.0 Å². The Morgan fingerprint density at radius 3 is 2.27 bits per heavy atom. The van der Waals surface area contributed by atoms with Crippen LogP contribution in [0.15, 0.2) is 54.7 Å². The number of aliphatic carboxylic acids is 1. The average molecular weight is 572 g/mol. The summed E-state index contributed by atoms with van der Waals surface area (Å²) in [5, 5.41) is 15.1. The van der Waals surface area contributed by atoms with E-state index in [9.17, 15) is 36.2 Å². The van der Waals surface area contributed by atoms with Gasteiger partial charge in [-0.05, 0) is 61.4 Å². The second-order valence-electron chi connectivity index (χ2n) is 9.35. The third-order valence-corrected chi connectivity index (χ3v) is 5.92. The molecule has 0 radical (unpaired) electrons. The van der Waals surface area contributed by atoms with Crippen molar-refractivity contribution >= 4 is 11.8 Å². The molecule has 0 saturated carbocycles. The van der Waals surface area contributed by atoms with Crippen LogP contribution in [0.4, 0.5) is 32.2 Å². The lowest BCUT2D eigenvalue weighted by Gasteiger charge is -2.25. The first-order valence-electron chi connectivity index (χ1n) is 11.9. The van der Waals surface area contributed by atoms with Crippen molar-refractivity contribution in [2.75, 3.05) is 19.0 Å². The number of halogens is 6. The molecule has 3 aromatic rings. The summed E-state index contributed by atoms with van der Waals surface area (Å²) in [5.41, 5.74) is 0.737. The van der Waals surface area contributed by atoms with Crippen molar-refractivity contribution in [3.05, 3.63) is 71.4 Å². The van der Waals surface area contributed by atoms with Crippen LogP contribution in [0.5, 0.6) is 11.5 Å². The molecule has 1 aromatic heterocycles. The minimum Gasteiger partial charge on any atom is -0.496 e. The monoisotopic (exact) mass is 571 g/mol. The smallest absolute Gasteiger partial charge is 0.496 e. The highest BCUT2D eigenvalue weighted by Gasteiger charge is 2.35. The van der Waals surface area contributed by atoms with Gasteiger partial charge in [-0.25, -0.2) is 4.98 Å². The van der Waals surface area contributed by atoms with E-state index in [1.807, 2.05) is 0 Å². The van der Waals surface area contributed by atoms with E-state index in [4.69, 9.17) is 4.74 Å². The zero-order valence-electron chi connectivity index (χ0n) is 21.7. The van der Waals surface area contributed by atoms with Crippen LogP contribution in [0.3, 0.4) is 0 Å². The van der Waals surface area contributed by atoms with Gasteiger partial charge >= 0.3 is 18.5 Å². The Kier molecular flexibility index (Phi) is 9.18. The molecular weight excluding hydrogens is 544 g/mol. The maximum absolute atomic E-state index is 12.7. The van der Waals surface area contributed by atoms with Crippen molar-refractivity contribution in [1.29, 1.82) is 0 Å². The number of carboxylic acid groups (broad SMARTS) is 1. The molecule has 0 fully saturated rings. The minimum absolute atomic E-state index is 0.149. The molecule has 0 aliphatic rings. The van der Waals surface area contributed by atoms with Gasteiger partial charge in [0.15, 0.2) is 0 Å². The lowest BCUT2D eigenvalue weighted by Crippen LogP contribution is -2.31. The number of benzene rings is 2. The van der Waals surface area contributed by atoms with E-state index in [2.05, 4.69) is 20.4 Å². The third-order valence-electron chi connectivity index (χ3n) is 5.92. The second kappa shape index (κ2) is 12.0. The number of hydrogen-bond donors (Lipinski definition) is 3. The van der Waals surface area contributed by atoms with Crippen LogP contribution in [-0.2, 0) is 23.3 Å². The fourth-order valence-electron chi connectivity index (χ4n) is 3.86. The number of carbonyl (C=O) groups is 1. The van der Waals surface area contributed by atoms with Crippen molar-refractivity contribution < 1.29 is 45.7 Å². The molecule has 0 aliphatic carbocycles. The van der Waals surface area contributed by atoms with Gasteiger partial charge in [-0.3, -0.25) is 4.79 Å². The highest BCUT2D eigenvalue weighted by molar-refractivity contribution is 5.83. The summed E-state index contributed by atoms with van der Waals surface area (Å²) in [7, 11) is 1.32. The topological polar surface area (TPSA) is 92.7 Å². The van der Waals surface area contributed by atoms with Gasteiger partial charge in [0.1, 0.15) is 17.3 Å². The molecule has 1 heterocycles. The number of aromatic nitrogens is 1. The molecule has 0 aliphatic heterocycles. The standard InChI is InChI=1S/C27H27F6N3O4/c1-25(2,24(37)38)21-11-18(10-19(23(21)39-3)13-34-15-26(28,29)30)17-7-8-22(36-14-17)35-12-16-5-4-6-20(9-16)40-27(31,32)33/h4-11,14,34H,12-13,15H2,1-3H3,(H,35,36)(H,37,38). The van der Waals surface area contributed by atoms with Crippen LogP contribution in [-0.4, -0.2) is 42.3 Å². The predicted octanol–water partition coefficient (Wildman–Crippen LogP) is 6.28. The van der Waals surface area contributed by atoms with Gasteiger partial charge in [0.2, 0.25) is 0 Å². The van der Waals surface area contributed by atoms with Gasteiger partial charge in [-0.15, -0.1) is 13.2 Å². The van der Waals surface area contributed by atoms with E-state index in [0.29, 0.717) is 28.1 Å². The normalized spacial score (nSPS) is 12.2. The fraction of sp³-hybridized carbons (Fsp3) is 0.333. The number of anilines is 1. The number of nitrogens with zero attached hydrogens (tertiary/aromatic N) is 1. The Morgan fingerprint density at radius 1 is 0.975 bits per heavy atom. The molecule has 0 unspecified atom stereocenters. The largest absolute Gasteiger partial charge is 0.573 e. The summed E-state index contributed by atoms with van der Waals surface area (Å²) in [4.78, 5) is 16.3. The molecule has 40 heavy (non-hydrogen) atoms. The summed E-state index contributed by atoms with van der Waals surface area (Å²) in [6, 6.07) is 11.9. The lowest BCUT2D eigenvalue weighted by atomic mass is 9.81. The predicted molar refractivity (Wildman–Crippen MR) is 135 cm³/mol. The molecule has 7 nitrogen and oxygen atoms in total. The Morgan fingerprint density at radius 2 is 1.70 bits per heavy atom. The lowest BCUT2D eigenvalue weighted by molar-refractivity contribution is -0.274. The molecule has 0 atom stereocenters. The number of pyridine rings is 1. The van der Waals surface area contributed by atoms with Gasteiger partial charge < -0.3 is 25.2 Å². The molecule has 2 aromatic carbocycles. The zero-order chi connectivity index (χ0) is 29.7. The summed E-state index contributed by atoms with van der Waals surface area (Å²) in [5.74, 6) is -0.943. The SMILES string of the molecule is COc1c(CNCC(F)(F)F)cc(-c2ccc(NCc3cccc(OC(F)(F)F)c3)nc2)cc1C(C)(C)C(=O)O. The maximum Gasteiger partial charge on any atom is 0.573 e. The number of nitrogens with one attached hydrogen (secondary N) is 2. The van der Waals surface area contributed by atoms with Gasteiger partial charge in [0.05, 0.1) is 19.1 Å². The first-order chi connectivity index (χ1) is 18.6. The van der Waals surface area contributed by atoms with E-state index in [0.717, 1.165) is 0 Å². The van der Waals surface area contributed by atoms with Crippen LogP contribution in [0, 0.1) is 0 Å². The van der Waals surface area contributed by atoms with Crippen LogP contribution >= 0.6 is 0 Å². The van der Waals surface area contributed by atoms with E-state index < -0.39 is 30.5 Å². The van der Waals surface area contributed by atoms with Gasteiger partial charge in [0.25, 0.3) is 0 Å². The molecule has 0 bridgehead atoms. The van der Waals surface area contributed by atoms with Crippen molar-refractivity contribution in [1.82, 2.24) is 10.3 Å². The number of ether oxygens (including phenoxy) is 2. The Labute approximate surface area is 226 Å². The van der Waals surface area contributed by atoms with Crippen molar-refractivity contribution in [2.24, 2.45) is 0 Å². The molecule has 3 rings (SSSR count). The molecule has 13 heteroatoms. The Hall–Kier alpha value is -4.00. The van der Waals surface area contributed by atoms with Gasteiger partial charge in [-0.1, -0.05) is 12.1 Å². The molecular formula is C27H27F6N3O4. The number of alkyl halides is 6. The van der Waals surface area contributed by atoms with Crippen LogP contribution in [0.2, 0.25) is 0 Å². The molecule has 216 valence electrons. The summed E-state index contributed by atoms with van der Waals surface area (Å²) in [6.07, 6.45) is -7.76. The second-order valence-corrected chi connectivity index (χ2v) is 9.35. The first kappa shape index (κ1) is 30.5. The molecule has 0 saturated heterocycles. The maximum atomic E-state index is 12.7. The molecule has 0 amide bonds. The highest BCUT2D eigenvalue weighted by Crippen LogP contribution is 2.39. The number of rotatable bonds is 11. The summed E-state index contributed by atoms with van der Waals surface area (Å²) >= 11 is 0.